The fourth-order valence-corrected chi connectivity index (χ4v) is 3.89. The van der Waals surface area contributed by atoms with Crippen molar-refractivity contribution in [3.63, 3.8) is 0 Å². The van der Waals surface area contributed by atoms with Gasteiger partial charge >= 0.3 is 5.97 Å². The molecule has 0 unspecified atom stereocenters. The summed E-state index contributed by atoms with van der Waals surface area (Å²) in [7, 11) is 0. The molecule has 2 heterocycles. The Labute approximate surface area is 169 Å². The molecular weight excluding hydrogens is 376 g/mol. The highest BCUT2D eigenvalue weighted by atomic mass is 32.2. The number of hydrogen-bond donors (Lipinski definition) is 0. The highest BCUT2D eigenvalue weighted by Gasteiger charge is 2.26. The van der Waals surface area contributed by atoms with Crippen molar-refractivity contribution >= 4 is 23.6 Å². The summed E-state index contributed by atoms with van der Waals surface area (Å²) in [5.74, 6) is -0.766. The van der Waals surface area contributed by atoms with Crippen LogP contribution in [0.1, 0.15) is 29.8 Å². The normalized spacial score (nSPS) is 19.3. The monoisotopic (exact) mass is 400 g/mol. The van der Waals surface area contributed by atoms with E-state index in [1.165, 1.54) is 11.8 Å². The van der Waals surface area contributed by atoms with Crippen LogP contribution in [0.15, 0.2) is 52.5 Å². The number of carbonyl (C=O) groups is 2. The van der Waals surface area contributed by atoms with Crippen molar-refractivity contribution in [1.29, 1.82) is 0 Å². The van der Waals surface area contributed by atoms with Crippen molar-refractivity contribution in [3.8, 4) is 0 Å². The van der Waals surface area contributed by atoms with Crippen LogP contribution in [0.4, 0.5) is 0 Å². The Morgan fingerprint density at radius 1 is 1.18 bits per heavy atom. The van der Waals surface area contributed by atoms with E-state index in [0.717, 1.165) is 10.5 Å². The predicted molar refractivity (Wildman–Crippen MR) is 106 cm³/mol. The van der Waals surface area contributed by atoms with E-state index in [0.29, 0.717) is 23.7 Å². The molecule has 0 saturated carbocycles. The fraction of sp³-hybridized carbons (Fsp3) is 0.381. The van der Waals surface area contributed by atoms with Crippen molar-refractivity contribution in [2.45, 2.75) is 42.9 Å². The molecule has 0 bridgehead atoms. The molecule has 0 aliphatic carbocycles. The maximum Gasteiger partial charge on any atom is 0.341 e. The first-order valence-corrected chi connectivity index (χ1v) is 10.0. The summed E-state index contributed by atoms with van der Waals surface area (Å²) >= 11 is 1.39. The van der Waals surface area contributed by atoms with Gasteiger partial charge in [0, 0.05) is 24.2 Å². The van der Waals surface area contributed by atoms with Gasteiger partial charge in [-0.05, 0) is 45.0 Å². The van der Waals surface area contributed by atoms with Gasteiger partial charge in [-0.1, -0.05) is 29.5 Å². The zero-order valence-electron chi connectivity index (χ0n) is 16.3. The standard InChI is InChI=1S/C21H24N2O4S/c1-14-6-8-17(9-7-14)28-20-18(5-4-10-22-20)21(25)26-13-19(24)23-11-15(2)27-16(3)12-23/h4-10,15-16H,11-13H2,1-3H3/t15-,16-/m1/s1. The SMILES string of the molecule is Cc1ccc(Sc2ncccc2C(=O)OCC(=O)N2C[C@@H](C)O[C@H](C)C2)cc1. The zero-order valence-corrected chi connectivity index (χ0v) is 17.1. The number of benzene rings is 1. The van der Waals surface area contributed by atoms with Gasteiger partial charge in [-0.25, -0.2) is 9.78 Å². The number of pyridine rings is 1. The van der Waals surface area contributed by atoms with Crippen molar-refractivity contribution in [2.75, 3.05) is 19.7 Å². The summed E-state index contributed by atoms with van der Waals surface area (Å²) in [6.45, 7) is 6.58. The van der Waals surface area contributed by atoms with E-state index in [2.05, 4.69) is 4.98 Å². The number of carbonyl (C=O) groups excluding carboxylic acids is 2. The Bertz CT molecular complexity index is 831. The maximum atomic E-state index is 12.6. The van der Waals surface area contributed by atoms with Crippen LogP contribution in [0.25, 0.3) is 0 Å². The topological polar surface area (TPSA) is 68.7 Å². The van der Waals surface area contributed by atoms with E-state index in [9.17, 15) is 9.59 Å². The van der Waals surface area contributed by atoms with Gasteiger partial charge in [0.2, 0.25) is 0 Å². The highest BCUT2D eigenvalue weighted by molar-refractivity contribution is 7.99. The van der Waals surface area contributed by atoms with Gasteiger partial charge in [-0.3, -0.25) is 4.79 Å². The summed E-state index contributed by atoms with van der Waals surface area (Å²) < 4.78 is 10.9. The second-order valence-electron chi connectivity index (χ2n) is 6.90. The molecule has 28 heavy (non-hydrogen) atoms. The number of ether oxygens (including phenoxy) is 2. The molecule has 1 aliphatic heterocycles. The molecule has 0 spiro atoms. The largest absolute Gasteiger partial charge is 0.452 e. The van der Waals surface area contributed by atoms with Crippen LogP contribution >= 0.6 is 11.8 Å². The van der Waals surface area contributed by atoms with Crippen molar-refractivity contribution < 1.29 is 19.1 Å². The van der Waals surface area contributed by atoms with E-state index >= 15 is 0 Å². The van der Waals surface area contributed by atoms with Crippen molar-refractivity contribution in [3.05, 3.63) is 53.7 Å². The molecule has 6 nitrogen and oxygen atoms in total. The minimum Gasteiger partial charge on any atom is -0.452 e. The first-order valence-electron chi connectivity index (χ1n) is 9.22. The molecule has 1 aromatic carbocycles. The molecule has 0 N–H and O–H groups in total. The second kappa shape index (κ2) is 9.21. The summed E-state index contributed by atoms with van der Waals surface area (Å²) in [4.78, 5) is 31.9. The Balaban J connectivity index is 1.63. The van der Waals surface area contributed by atoms with Crippen molar-refractivity contribution in [1.82, 2.24) is 9.88 Å². The third kappa shape index (κ3) is 5.33. The number of morpholine rings is 1. The number of aromatic nitrogens is 1. The lowest BCUT2D eigenvalue weighted by Crippen LogP contribution is -2.49. The van der Waals surface area contributed by atoms with Crippen LogP contribution in [-0.4, -0.2) is 53.7 Å². The number of hydrogen-bond acceptors (Lipinski definition) is 6. The number of esters is 1. The molecule has 3 rings (SSSR count). The molecular formula is C21H24N2O4S. The molecule has 2 aromatic rings. The third-order valence-electron chi connectivity index (χ3n) is 4.33. The Morgan fingerprint density at radius 3 is 2.54 bits per heavy atom. The number of rotatable bonds is 5. The van der Waals surface area contributed by atoms with Gasteiger partial charge in [-0.2, -0.15) is 0 Å². The quantitative estimate of drug-likeness (QED) is 0.717. The average Bonchev–Trinajstić information content (AvgIpc) is 2.67. The second-order valence-corrected chi connectivity index (χ2v) is 7.97. The summed E-state index contributed by atoms with van der Waals surface area (Å²) in [6.07, 6.45) is 1.58. The van der Waals surface area contributed by atoms with Gasteiger partial charge in [0.1, 0.15) is 5.03 Å². The molecule has 0 radical (unpaired) electrons. The minimum atomic E-state index is -0.551. The van der Waals surface area contributed by atoms with Crippen molar-refractivity contribution in [2.24, 2.45) is 0 Å². The van der Waals surface area contributed by atoms with Crippen LogP contribution in [-0.2, 0) is 14.3 Å². The van der Waals surface area contributed by atoms with Gasteiger partial charge in [0.05, 0.1) is 17.8 Å². The van der Waals surface area contributed by atoms with E-state index in [1.807, 2.05) is 45.0 Å². The molecule has 1 fully saturated rings. The van der Waals surface area contributed by atoms with Gasteiger partial charge in [0.15, 0.2) is 6.61 Å². The van der Waals surface area contributed by atoms with E-state index < -0.39 is 5.97 Å². The fourth-order valence-electron chi connectivity index (χ4n) is 3.02. The van der Waals surface area contributed by atoms with Gasteiger partial charge in [0.25, 0.3) is 5.91 Å². The molecule has 2 atom stereocenters. The molecule has 1 aliphatic rings. The van der Waals surface area contributed by atoms with Crippen LogP contribution in [0.5, 0.6) is 0 Å². The summed E-state index contributed by atoms with van der Waals surface area (Å²) in [5, 5.41) is 0.553. The lowest BCUT2D eigenvalue weighted by Gasteiger charge is -2.35. The number of amides is 1. The van der Waals surface area contributed by atoms with Crippen LogP contribution in [0.3, 0.4) is 0 Å². The molecule has 1 saturated heterocycles. The van der Waals surface area contributed by atoms with E-state index in [4.69, 9.17) is 9.47 Å². The average molecular weight is 401 g/mol. The summed E-state index contributed by atoms with van der Waals surface area (Å²) in [5.41, 5.74) is 1.51. The highest BCUT2D eigenvalue weighted by Crippen LogP contribution is 2.29. The van der Waals surface area contributed by atoms with E-state index in [1.54, 1.807) is 23.2 Å². The minimum absolute atomic E-state index is 0.0285. The lowest BCUT2D eigenvalue weighted by molar-refractivity contribution is -0.146. The molecule has 148 valence electrons. The third-order valence-corrected chi connectivity index (χ3v) is 5.35. The lowest BCUT2D eigenvalue weighted by atomic mass is 10.2. The zero-order chi connectivity index (χ0) is 20.1. The molecule has 1 amide bonds. The summed E-state index contributed by atoms with van der Waals surface area (Å²) in [6, 6.07) is 11.3. The predicted octanol–water partition coefficient (Wildman–Crippen LogP) is 3.33. The van der Waals surface area contributed by atoms with Crippen LogP contribution in [0.2, 0.25) is 0 Å². The first kappa shape index (κ1) is 20.4. The Morgan fingerprint density at radius 2 is 1.86 bits per heavy atom. The maximum absolute atomic E-state index is 12.6. The Hall–Kier alpha value is -2.38. The van der Waals surface area contributed by atoms with Gasteiger partial charge in [-0.15, -0.1) is 0 Å². The van der Waals surface area contributed by atoms with Gasteiger partial charge < -0.3 is 14.4 Å². The number of nitrogens with zero attached hydrogens (tertiary/aromatic N) is 2. The van der Waals surface area contributed by atoms with E-state index in [-0.39, 0.29) is 24.7 Å². The molecule has 1 aromatic heterocycles. The van der Waals surface area contributed by atoms with Crippen LogP contribution < -0.4 is 0 Å². The smallest absolute Gasteiger partial charge is 0.341 e. The van der Waals surface area contributed by atoms with Crippen LogP contribution in [0, 0.1) is 6.92 Å². The molecule has 7 heteroatoms. The Kier molecular flexibility index (Phi) is 6.70. The number of aryl methyl sites for hydroxylation is 1. The first-order chi connectivity index (χ1) is 13.4.